The molecule has 1 heterocycles. The van der Waals surface area contributed by atoms with Crippen LogP contribution in [0, 0.1) is 11.8 Å². The molecule has 2 aromatic rings. The maximum atomic E-state index is 12.9. The van der Waals surface area contributed by atoms with Gasteiger partial charge in [0.05, 0.1) is 0 Å². The Labute approximate surface area is 166 Å². The van der Waals surface area contributed by atoms with E-state index in [1.54, 1.807) is 29.2 Å². The van der Waals surface area contributed by atoms with Gasteiger partial charge in [-0.3, -0.25) is 4.98 Å². The predicted octanol–water partition coefficient (Wildman–Crippen LogP) is 4.03. The van der Waals surface area contributed by atoms with Gasteiger partial charge in [0.2, 0.25) is 0 Å². The average molecular weight is 403 g/mol. The number of aliphatic hydroxyl groups excluding tert-OH is 1. The van der Waals surface area contributed by atoms with E-state index in [1.165, 1.54) is 6.07 Å². The molecule has 0 spiro atoms. The first-order valence-electron chi connectivity index (χ1n) is 9.16. The second-order valence-corrected chi connectivity index (χ2v) is 6.73. The zero-order valence-electron chi connectivity index (χ0n) is 15.5. The summed E-state index contributed by atoms with van der Waals surface area (Å²) in [6, 6.07) is 8.89. The summed E-state index contributed by atoms with van der Waals surface area (Å²) in [6.45, 7) is -0.165. The number of alkyl halides is 3. The number of carbonyl (C=O) groups excluding carboxylic acids is 1. The quantitative estimate of drug-likeness (QED) is 0.758. The second-order valence-electron chi connectivity index (χ2n) is 6.73. The van der Waals surface area contributed by atoms with E-state index in [2.05, 4.69) is 22.1 Å². The zero-order chi connectivity index (χ0) is 20.9. The molecule has 0 radical (unpaired) electrons. The fraction of sp³-hybridized carbons (Fsp3) is 0.333. The van der Waals surface area contributed by atoms with E-state index in [-0.39, 0.29) is 25.2 Å². The van der Waals surface area contributed by atoms with E-state index < -0.39 is 11.9 Å². The lowest BCUT2D eigenvalue weighted by atomic mass is 9.91. The lowest BCUT2D eigenvalue weighted by Gasteiger charge is -2.37. The summed E-state index contributed by atoms with van der Waals surface area (Å²) in [5, 5.41) is 11.5. The molecule has 1 aromatic carbocycles. The Kier molecular flexibility index (Phi) is 6.39. The molecule has 152 valence electrons. The first kappa shape index (κ1) is 20.7. The van der Waals surface area contributed by atoms with Crippen molar-refractivity contribution in [3.8, 4) is 11.8 Å². The van der Waals surface area contributed by atoms with E-state index in [4.69, 9.17) is 5.11 Å². The second kappa shape index (κ2) is 8.97. The molecular weight excluding hydrogens is 383 g/mol. The van der Waals surface area contributed by atoms with Crippen molar-refractivity contribution < 1.29 is 23.1 Å². The number of pyridine rings is 1. The SMILES string of the molecule is O=C(Nc1ccc(C#CCO)cc1)N(Cc1ccnc(C(F)(F)F)c1)C1CCC1. The third kappa shape index (κ3) is 5.48. The van der Waals surface area contributed by atoms with Crippen LogP contribution in [0.5, 0.6) is 0 Å². The van der Waals surface area contributed by atoms with Gasteiger partial charge in [0.15, 0.2) is 0 Å². The Balaban J connectivity index is 1.73. The highest BCUT2D eigenvalue weighted by Gasteiger charge is 2.33. The Morgan fingerprint density at radius 1 is 1.24 bits per heavy atom. The Morgan fingerprint density at radius 3 is 2.55 bits per heavy atom. The van der Waals surface area contributed by atoms with Crippen molar-refractivity contribution in [3.05, 3.63) is 59.4 Å². The maximum Gasteiger partial charge on any atom is 0.433 e. The molecule has 0 bridgehead atoms. The normalized spacial score (nSPS) is 13.8. The third-order valence-electron chi connectivity index (χ3n) is 4.69. The number of anilines is 1. The van der Waals surface area contributed by atoms with E-state index in [0.717, 1.165) is 31.5 Å². The summed E-state index contributed by atoms with van der Waals surface area (Å²) in [4.78, 5) is 17.7. The van der Waals surface area contributed by atoms with Crippen LogP contribution in [0.4, 0.5) is 23.7 Å². The van der Waals surface area contributed by atoms with Crippen molar-refractivity contribution in [1.82, 2.24) is 9.88 Å². The van der Waals surface area contributed by atoms with Crippen molar-refractivity contribution in [2.45, 2.75) is 38.0 Å². The standard InChI is InChI=1S/C21H20F3N3O2/c22-21(23,24)19-13-16(10-11-25-19)14-27(18-4-1-5-18)20(29)26-17-8-6-15(7-9-17)3-2-12-28/h6-11,13,18,28H,1,4-5,12,14H2,(H,26,29). The van der Waals surface area contributed by atoms with Gasteiger partial charge in [-0.05, 0) is 61.2 Å². The van der Waals surface area contributed by atoms with Gasteiger partial charge in [-0.1, -0.05) is 11.8 Å². The zero-order valence-corrected chi connectivity index (χ0v) is 15.5. The van der Waals surface area contributed by atoms with Gasteiger partial charge in [0, 0.05) is 30.0 Å². The molecule has 0 aliphatic heterocycles. The molecule has 0 atom stereocenters. The number of nitrogens with one attached hydrogen (secondary N) is 1. The van der Waals surface area contributed by atoms with Gasteiger partial charge < -0.3 is 15.3 Å². The van der Waals surface area contributed by atoms with Crippen LogP contribution in [0.15, 0.2) is 42.6 Å². The summed E-state index contributed by atoms with van der Waals surface area (Å²) in [6.07, 6.45) is -0.793. The van der Waals surface area contributed by atoms with Crippen LogP contribution < -0.4 is 5.32 Å². The molecule has 5 nitrogen and oxygen atoms in total. The fourth-order valence-corrected chi connectivity index (χ4v) is 2.96. The van der Waals surface area contributed by atoms with Crippen molar-refractivity contribution in [2.75, 3.05) is 11.9 Å². The minimum absolute atomic E-state index is 0.00723. The Hall–Kier alpha value is -3.05. The monoisotopic (exact) mass is 403 g/mol. The number of aliphatic hydroxyl groups is 1. The molecule has 1 aliphatic carbocycles. The lowest BCUT2D eigenvalue weighted by molar-refractivity contribution is -0.141. The smallest absolute Gasteiger partial charge is 0.384 e. The summed E-state index contributed by atoms with van der Waals surface area (Å²) >= 11 is 0. The Morgan fingerprint density at radius 2 is 1.97 bits per heavy atom. The van der Waals surface area contributed by atoms with Crippen molar-refractivity contribution in [2.24, 2.45) is 0 Å². The van der Waals surface area contributed by atoms with E-state index in [0.29, 0.717) is 16.8 Å². The largest absolute Gasteiger partial charge is 0.433 e. The van der Waals surface area contributed by atoms with Gasteiger partial charge >= 0.3 is 12.2 Å². The van der Waals surface area contributed by atoms with Gasteiger partial charge in [-0.2, -0.15) is 13.2 Å². The number of amides is 2. The number of nitrogens with zero attached hydrogens (tertiary/aromatic N) is 2. The molecular formula is C21H20F3N3O2. The molecule has 29 heavy (non-hydrogen) atoms. The predicted molar refractivity (Wildman–Crippen MR) is 102 cm³/mol. The van der Waals surface area contributed by atoms with Crippen LogP contribution in [-0.2, 0) is 12.7 Å². The van der Waals surface area contributed by atoms with Crippen LogP contribution in [0.2, 0.25) is 0 Å². The van der Waals surface area contributed by atoms with E-state index >= 15 is 0 Å². The number of carbonyl (C=O) groups is 1. The van der Waals surface area contributed by atoms with Crippen LogP contribution in [0.25, 0.3) is 0 Å². The van der Waals surface area contributed by atoms with Crippen LogP contribution in [0.3, 0.4) is 0 Å². The number of hydrogen-bond acceptors (Lipinski definition) is 3. The van der Waals surface area contributed by atoms with Gasteiger partial charge in [-0.25, -0.2) is 4.79 Å². The average Bonchev–Trinajstić information content (AvgIpc) is 2.65. The number of hydrogen-bond donors (Lipinski definition) is 2. The molecule has 0 unspecified atom stereocenters. The first-order valence-corrected chi connectivity index (χ1v) is 9.16. The number of aromatic nitrogens is 1. The minimum Gasteiger partial charge on any atom is -0.384 e. The molecule has 1 aromatic heterocycles. The van der Waals surface area contributed by atoms with Crippen molar-refractivity contribution in [1.29, 1.82) is 0 Å². The highest BCUT2D eigenvalue weighted by atomic mass is 19.4. The highest BCUT2D eigenvalue weighted by molar-refractivity contribution is 5.89. The molecule has 1 saturated carbocycles. The molecule has 2 N–H and O–H groups in total. The topological polar surface area (TPSA) is 65.5 Å². The number of rotatable bonds is 4. The number of halogens is 3. The molecule has 3 rings (SSSR count). The number of urea groups is 1. The Bertz CT molecular complexity index is 913. The highest BCUT2D eigenvalue weighted by Crippen LogP contribution is 2.30. The lowest BCUT2D eigenvalue weighted by Crippen LogP contribution is -2.45. The van der Waals surface area contributed by atoms with Crippen LogP contribution in [0.1, 0.15) is 36.1 Å². The maximum absolute atomic E-state index is 12.9. The summed E-state index contributed by atoms with van der Waals surface area (Å²) < 4.78 is 38.8. The minimum atomic E-state index is -4.53. The van der Waals surface area contributed by atoms with Crippen molar-refractivity contribution >= 4 is 11.7 Å². The molecule has 0 saturated heterocycles. The summed E-state index contributed by atoms with van der Waals surface area (Å²) in [5.41, 5.74) is 0.663. The molecule has 1 fully saturated rings. The summed E-state index contributed by atoms with van der Waals surface area (Å²) in [7, 11) is 0. The van der Waals surface area contributed by atoms with Gasteiger partial charge in [-0.15, -0.1) is 0 Å². The van der Waals surface area contributed by atoms with E-state index in [1.807, 2.05) is 0 Å². The van der Waals surface area contributed by atoms with Gasteiger partial charge in [0.1, 0.15) is 12.3 Å². The molecule has 1 aliphatic rings. The number of benzene rings is 1. The third-order valence-corrected chi connectivity index (χ3v) is 4.69. The molecule has 2 amide bonds. The summed E-state index contributed by atoms with van der Waals surface area (Å²) in [5.74, 6) is 5.30. The van der Waals surface area contributed by atoms with Gasteiger partial charge in [0.25, 0.3) is 0 Å². The fourth-order valence-electron chi connectivity index (χ4n) is 2.96. The van der Waals surface area contributed by atoms with Crippen LogP contribution in [-0.4, -0.2) is 33.7 Å². The van der Waals surface area contributed by atoms with Crippen LogP contribution >= 0.6 is 0 Å². The molecule has 8 heteroatoms. The van der Waals surface area contributed by atoms with E-state index in [9.17, 15) is 18.0 Å². The first-order chi connectivity index (χ1) is 13.9. The van der Waals surface area contributed by atoms with Crippen molar-refractivity contribution in [3.63, 3.8) is 0 Å².